The van der Waals surface area contributed by atoms with Crippen LogP contribution in [0.3, 0.4) is 0 Å². The lowest BCUT2D eigenvalue weighted by Gasteiger charge is -2.28. The molecule has 3 heterocycles. The first-order chi connectivity index (χ1) is 15.7. The van der Waals surface area contributed by atoms with Crippen molar-refractivity contribution in [2.45, 2.75) is 19.0 Å². The SMILES string of the molecule is O=C(C[C@H]1C(=O)N(CCN2CCOCC2)c2nc3ccccc3n21)NCc1ccccc1. The minimum absolute atomic E-state index is 0.0682. The number of hydrogen-bond acceptors (Lipinski definition) is 5. The maximum absolute atomic E-state index is 13.4. The third-order valence-electron chi connectivity index (χ3n) is 6.14. The summed E-state index contributed by atoms with van der Waals surface area (Å²) in [5.41, 5.74) is 2.74. The minimum atomic E-state index is -0.585. The van der Waals surface area contributed by atoms with Gasteiger partial charge in [-0.1, -0.05) is 42.5 Å². The molecule has 0 radical (unpaired) electrons. The lowest BCUT2D eigenvalue weighted by Crippen LogP contribution is -2.43. The highest BCUT2D eigenvalue weighted by Crippen LogP contribution is 2.36. The number of carbonyl (C=O) groups excluding carboxylic acids is 2. The normalized spacial score (nSPS) is 18.8. The number of para-hydroxylation sites is 2. The molecule has 1 saturated heterocycles. The first-order valence-electron chi connectivity index (χ1n) is 11.1. The lowest BCUT2D eigenvalue weighted by molar-refractivity contribution is -0.127. The van der Waals surface area contributed by atoms with E-state index >= 15 is 0 Å². The van der Waals surface area contributed by atoms with Gasteiger partial charge in [0.2, 0.25) is 11.9 Å². The number of rotatable bonds is 7. The van der Waals surface area contributed by atoms with Crippen molar-refractivity contribution in [2.24, 2.45) is 0 Å². The molecule has 1 atom stereocenters. The summed E-state index contributed by atoms with van der Waals surface area (Å²) < 4.78 is 7.35. The van der Waals surface area contributed by atoms with Gasteiger partial charge >= 0.3 is 0 Å². The molecule has 0 bridgehead atoms. The fourth-order valence-electron chi connectivity index (χ4n) is 4.42. The Kier molecular flexibility index (Phi) is 5.87. The number of morpholine rings is 1. The Morgan fingerprint density at radius 1 is 1.03 bits per heavy atom. The number of ether oxygens (including phenoxy) is 1. The Labute approximate surface area is 186 Å². The maximum atomic E-state index is 13.4. The van der Waals surface area contributed by atoms with Crippen LogP contribution in [0.1, 0.15) is 18.0 Å². The highest BCUT2D eigenvalue weighted by atomic mass is 16.5. The summed E-state index contributed by atoms with van der Waals surface area (Å²) in [5, 5.41) is 2.95. The van der Waals surface area contributed by atoms with Crippen molar-refractivity contribution < 1.29 is 14.3 Å². The molecule has 2 amide bonds. The summed E-state index contributed by atoms with van der Waals surface area (Å²) in [7, 11) is 0. The van der Waals surface area contributed by atoms with E-state index in [0.29, 0.717) is 19.0 Å². The fourth-order valence-corrected chi connectivity index (χ4v) is 4.42. The summed E-state index contributed by atoms with van der Waals surface area (Å²) in [6, 6.07) is 17.0. The van der Waals surface area contributed by atoms with Crippen molar-refractivity contribution in [3.05, 3.63) is 60.2 Å². The van der Waals surface area contributed by atoms with E-state index in [1.807, 2.05) is 59.2 Å². The van der Waals surface area contributed by atoms with Gasteiger partial charge in [0.15, 0.2) is 0 Å². The zero-order chi connectivity index (χ0) is 21.9. The fraction of sp³-hybridized carbons (Fsp3) is 0.375. The van der Waals surface area contributed by atoms with E-state index in [4.69, 9.17) is 9.72 Å². The number of amides is 2. The highest BCUT2D eigenvalue weighted by molar-refractivity contribution is 6.03. The highest BCUT2D eigenvalue weighted by Gasteiger charge is 2.40. The van der Waals surface area contributed by atoms with Gasteiger partial charge < -0.3 is 10.1 Å². The third-order valence-corrected chi connectivity index (χ3v) is 6.14. The standard InChI is InChI=1S/C24H27N5O3/c30-22(25-17-18-6-2-1-3-7-18)16-21-23(31)28(11-10-27-12-14-32-15-13-27)24-26-19-8-4-5-9-20(19)29(21)24/h1-9,21H,10-17H2,(H,25,30)/t21-/m0/s1. The minimum Gasteiger partial charge on any atom is -0.379 e. The van der Waals surface area contributed by atoms with Crippen molar-refractivity contribution in [1.29, 1.82) is 0 Å². The van der Waals surface area contributed by atoms with Crippen LogP contribution in [-0.2, 0) is 20.9 Å². The summed E-state index contributed by atoms with van der Waals surface area (Å²) in [6.07, 6.45) is 0.0904. The lowest BCUT2D eigenvalue weighted by atomic mass is 10.1. The van der Waals surface area contributed by atoms with Crippen LogP contribution in [0.4, 0.5) is 5.95 Å². The molecule has 3 aromatic rings. The average Bonchev–Trinajstić information content (AvgIpc) is 3.32. The molecular weight excluding hydrogens is 406 g/mol. The van der Waals surface area contributed by atoms with Gasteiger partial charge in [-0.3, -0.25) is 24.0 Å². The quantitative estimate of drug-likeness (QED) is 0.616. The van der Waals surface area contributed by atoms with Gasteiger partial charge in [-0.05, 0) is 17.7 Å². The van der Waals surface area contributed by atoms with E-state index in [1.165, 1.54) is 0 Å². The molecule has 32 heavy (non-hydrogen) atoms. The zero-order valence-corrected chi connectivity index (χ0v) is 17.9. The van der Waals surface area contributed by atoms with Crippen molar-refractivity contribution in [2.75, 3.05) is 44.3 Å². The van der Waals surface area contributed by atoms with Crippen LogP contribution in [0.2, 0.25) is 0 Å². The van der Waals surface area contributed by atoms with E-state index in [2.05, 4.69) is 10.2 Å². The number of nitrogens with one attached hydrogen (secondary N) is 1. The van der Waals surface area contributed by atoms with Gasteiger partial charge in [0, 0.05) is 32.7 Å². The number of fused-ring (bicyclic) bond motifs is 3. The number of nitrogens with zero attached hydrogens (tertiary/aromatic N) is 4. The second-order valence-electron chi connectivity index (χ2n) is 8.20. The molecule has 0 spiro atoms. The largest absolute Gasteiger partial charge is 0.379 e. The van der Waals surface area contributed by atoms with E-state index in [-0.39, 0.29) is 18.2 Å². The number of carbonyl (C=O) groups is 2. The van der Waals surface area contributed by atoms with Gasteiger partial charge in [-0.2, -0.15) is 0 Å². The summed E-state index contributed by atoms with van der Waals surface area (Å²) in [6.45, 7) is 4.91. The Hall–Kier alpha value is -3.23. The van der Waals surface area contributed by atoms with E-state index in [0.717, 1.165) is 49.4 Å². The molecule has 5 rings (SSSR count). The third kappa shape index (κ3) is 4.11. The number of imidazole rings is 1. The maximum Gasteiger partial charge on any atom is 0.253 e. The molecule has 1 fully saturated rings. The van der Waals surface area contributed by atoms with Crippen LogP contribution in [0.15, 0.2) is 54.6 Å². The first-order valence-corrected chi connectivity index (χ1v) is 11.1. The molecule has 1 N–H and O–H groups in total. The Balaban J connectivity index is 1.34. The van der Waals surface area contributed by atoms with Crippen LogP contribution < -0.4 is 10.2 Å². The van der Waals surface area contributed by atoms with Crippen LogP contribution >= 0.6 is 0 Å². The molecule has 166 valence electrons. The van der Waals surface area contributed by atoms with Gasteiger partial charge in [0.25, 0.3) is 5.91 Å². The van der Waals surface area contributed by atoms with Crippen LogP contribution in [0, 0.1) is 0 Å². The Morgan fingerprint density at radius 2 is 1.78 bits per heavy atom. The van der Waals surface area contributed by atoms with Crippen molar-refractivity contribution in [3.63, 3.8) is 0 Å². The predicted octanol–water partition coefficient (Wildman–Crippen LogP) is 1.96. The second kappa shape index (κ2) is 9.10. The van der Waals surface area contributed by atoms with Gasteiger partial charge in [0.05, 0.1) is 30.7 Å². The van der Waals surface area contributed by atoms with Gasteiger partial charge in [0.1, 0.15) is 6.04 Å². The second-order valence-corrected chi connectivity index (χ2v) is 8.20. The molecule has 2 aliphatic heterocycles. The molecule has 8 heteroatoms. The molecule has 0 unspecified atom stereocenters. The molecule has 0 saturated carbocycles. The topological polar surface area (TPSA) is 79.7 Å². The van der Waals surface area contributed by atoms with E-state index in [1.54, 1.807) is 4.90 Å². The molecule has 0 aliphatic carbocycles. The van der Waals surface area contributed by atoms with Crippen LogP contribution in [-0.4, -0.2) is 65.7 Å². The van der Waals surface area contributed by atoms with Gasteiger partial charge in [-0.15, -0.1) is 0 Å². The Morgan fingerprint density at radius 3 is 2.59 bits per heavy atom. The van der Waals surface area contributed by atoms with Crippen LogP contribution in [0.25, 0.3) is 11.0 Å². The molecule has 1 aromatic heterocycles. The molecule has 2 aromatic carbocycles. The van der Waals surface area contributed by atoms with Gasteiger partial charge in [-0.25, -0.2) is 4.98 Å². The summed E-state index contributed by atoms with van der Waals surface area (Å²) in [4.78, 5) is 34.9. The monoisotopic (exact) mass is 433 g/mol. The first kappa shape index (κ1) is 20.7. The molecule has 8 nitrogen and oxygen atoms in total. The van der Waals surface area contributed by atoms with E-state index < -0.39 is 6.04 Å². The molecular formula is C24H27N5O3. The smallest absolute Gasteiger partial charge is 0.253 e. The number of anilines is 1. The zero-order valence-electron chi connectivity index (χ0n) is 17.9. The van der Waals surface area contributed by atoms with Crippen LogP contribution in [0.5, 0.6) is 0 Å². The average molecular weight is 434 g/mol. The van der Waals surface area contributed by atoms with Crippen molar-refractivity contribution >= 4 is 28.8 Å². The summed E-state index contributed by atoms with van der Waals surface area (Å²) >= 11 is 0. The van der Waals surface area contributed by atoms with Crippen molar-refractivity contribution in [3.8, 4) is 0 Å². The Bertz CT molecular complexity index is 1110. The predicted molar refractivity (Wildman–Crippen MR) is 121 cm³/mol. The number of benzene rings is 2. The molecule has 2 aliphatic rings. The van der Waals surface area contributed by atoms with Crippen molar-refractivity contribution in [1.82, 2.24) is 19.8 Å². The number of hydrogen-bond donors (Lipinski definition) is 1. The van der Waals surface area contributed by atoms with E-state index in [9.17, 15) is 9.59 Å². The summed E-state index contributed by atoms with van der Waals surface area (Å²) in [5.74, 6) is 0.414. The number of aromatic nitrogens is 2.